The SMILES string of the molecule is CCC(C)(Nc1ccc(S(=O)(=O)CC)cc1)C(=O)O. The summed E-state index contributed by atoms with van der Waals surface area (Å²) >= 11 is 0. The Balaban J connectivity index is 2.98. The third-order valence-electron chi connectivity index (χ3n) is 3.19. The Bertz CT molecular complexity index is 551. The van der Waals surface area contributed by atoms with Gasteiger partial charge in [-0.3, -0.25) is 0 Å². The van der Waals surface area contributed by atoms with Gasteiger partial charge in [0.25, 0.3) is 0 Å². The smallest absolute Gasteiger partial charge is 0.329 e. The predicted octanol–water partition coefficient (Wildman–Crippen LogP) is 2.15. The number of carbonyl (C=O) groups is 1. The van der Waals surface area contributed by atoms with E-state index in [1.807, 2.05) is 0 Å². The van der Waals surface area contributed by atoms with Crippen molar-refractivity contribution in [2.24, 2.45) is 0 Å². The third kappa shape index (κ3) is 3.47. The van der Waals surface area contributed by atoms with Gasteiger partial charge in [0, 0.05) is 5.69 Å². The molecule has 0 saturated carbocycles. The summed E-state index contributed by atoms with van der Waals surface area (Å²) in [6.45, 7) is 4.95. The molecule has 0 spiro atoms. The van der Waals surface area contributed by atoms with Crippen LogP contribution >= 0.6 is 0 Å². The van der Waals surface area contributed by atoms with E-state index in [-0.39, 0.29) is 10.6 Å². The number of nitrogens with one attached hydrogen (secondary N) is 1. The summed E-state index contributed by atoms with van der Waals surface area (Å²) in [7, 11) is -3.22. The lowest BCUT2D eigenvalue weighted by atomic mass is 9.99. The molecule has 0 aliphatic heterocycles. The summed E-state index contributed by atoms with van der Waals surface area (Å²) in [6.07, 6.45) is 0.414. The molecule has 1 rings (SSSR count). The van der Waals surface area contributed by atoms with E-state index in [0.717, 1.165) is 0 Å². The van der Waals surface area contributed by atoms with Crippen LogP contribution in [0.25, 0.3) is 0 Å². The molecule has 1 atom stereocenters. The van der Waals surface area contributed by atoms with Crippen LogP contribution in [0.1, 0.15) is 27.2 Å². The highest BCUT2D eigenvalue weighted by atomic mass is 32.2. The van der Waals surface area contributed by atoms with Crippen LogP contribution in [0.2, 0.25) is 0 Å². The van der Waals surface area contributed by atoms with E-state index in [2.05, 4.69) is 5.32 Å². The average Bonchev–Trinajstić information content (AvgIpc) is 2.39. The molecule has 2 N–H and O–H groups in total. The van der Waals surface area contributed by atoms with Crippen molar-refractivity contribution in [3.8, 4) is 0 Å². The number of aliphatic carboxylic acids is 1. The molecule has 0 amide bonds. The molecular formula is C13H19NO4S. The van der Waals surface area contributed by atoms with Crippen molar-refractivity contribution >= 4 is 21.5 Å². The first-order chi connectivity index (χ1) is 8.75. The molecule has 1 aromatic rings. The number of hydrogen-bond acceptors (Lipinski definition) is 4. The predicted molar refractivity (Wildman–Crippen MR) is 74.1 cm³/mol. The molecule has 0 aromatic heterocycles. The van der Waals surface area contributed by atoms with E-state index in [9.17, 15) is 13.2 Å². The number of anilines is 1. The van der Waals surface area contributed by atoms with Gasteiger partial charge in [0.2, 0.25) is 0 Å². The van der Waals surface area contributed by atoms with Crippen molar-refractivity contribution in [3.63, 3.8) is 0 Å². The number of benzene rings is 1. The maximum absolute atomic E-state index is 11.6. The van der Waals surface area contributed by atoms with Crippen LogP contribution in [0, 0.1) is 0 Å². The number of carboxylic acid groups (broad SMARTS) is 1. The zero-order chi connectivity index (χ0) is 14.7. The number of hydrogen-bond donors (Lipinski definition) is 2. The molecule has 0 aliphatic carbocycles. The fourth-order valence-corrected chi connectivity index (χ4v) is 2.41. The second-order valence-corrected chi connectivity index (χ2v) is 6.82. The van der Waals surface area contributed by atoms with Crippen LogP contribution in [-0.2, 0) is 14.6 Å². The fraction of sp³-hybridized carbons (Fsp3) is 0.462. The van der Waals surface area contributed by atoms with Gasteiger partial charge in [-0.15, -0.1) is 0 Å². The molecule has 1 aromatic carbocycles. The van der Waals surface area contributed by atoms with Gasteiger partial charge in [-0.2, -0.15) is 0 Å². The minimum absolute atomic E-state index is 0.0432. The van der Waals surface area contributed by atoms with Crippen molar-refractivity contribution < 1.29 is 18.3 Å². The Morgan fingerprint density at radius 3 is 2.16 bits per heavy atom. The molecule has 0 heterocycles. The first-order valence-corrected chi connectivity index (χ1v) is 7.75. The van der Waals surface area contributed by atoms with Crippen molar-refractivity contribution in [2.75, 3.05) is 11.1 Å². The van der Waals surface area contributed by atoms with Gasteiger partial charge >= 0.3 is 5.97 Å². The van der Waals surface area contributed by atoms with Crippen LogP contribution in [0.15, 0.2) is 29.2 Å². The summed E-state index contributed by atoms with van der Waals surface area (Å²) in [5.74, 6) is -0.901. The Kier molecular flexibility index (Phi) is 4.57. The van der Waals surface area contributed by atoms with Crippen LogP contribution < -0.4 is 5.32 Å². The van der Waals surface area contributed by atoms with Gasteiger partial charge < -0.3 is 10.4 Å². The van der Waals surface area contributed by atoms with Gasteiger partial charge in [-0.25, -0.2) is 13.2 Å². The first kappa shape index (κ1) is 15.5. The van der Waals surface area contributed by atoms with Crippen molar-refractivity contribution in [3.05, 3.63) is 24.3 Å². The van der Waals surface area contributed by atoms with Crippen LogP contribution in [-0.4, -0.2) is 30.8 Å². The summed E-state index contributed by atoms with van der Waals surface area (Å²) in [5, 5.41) is 12.1. The minimum atomic E-state index is -3.22. The molecule has 0 aliphatic rings. The molecule has 19 heavy (non-hydrogen) atoms. The highest BCUT2D eigenvalue weighted by Crippen LogP contribution is 2.21. The van der Waals surface area contributed by atoms with E-state index in [0.29, 0.717) is 12.1 Å². The average molecular weight is 285 g/mol. The highest BCUT2D eigenvalue weighted by Gasteiger charge is 2.30. The highest BCUT2D eigenvalue weighted by molar-refractivity contribution is 7.91. The first-order valence-electron chi connectivity index (χ1n) is 6.09. The Labute approximate surface area is 113 Å². The van der Waals surface area contributed by atoms with Crippen LogP contribution in [0.3, 0.4) is 0 Å². The molecule has 0 fully saturated rings. The van der Waals surface area contributed by atoms with Crippen molar-refractivity contribution in [2.45, 2.75) is 37.6 Å². The molecule has 1 unspecified atom stereocenters. The molecular weight excluding hydrogens is 266 g/mol. The second-order valence-electron chi connectivity index (χ2n) is 4.54. The molecule has 0 radical (unpaired) electrons. The Morgan fingerprint density at radius 2 is 1.79 bits per heavy atom. The van der Waals surface area contributed by atoms with Crippen LogP contribution in [0.4, 0.5) is 5.69 Å². The maximum atomic E-state index is 11.6. The van der Waals surface area contributed by atoms with Gasteiger partial charge in [-0.05, 0) is 37.6 Å². The quantitative estimate of drug-likeness (QED) is 0.836. The molecule has 0 saturated heterocycles. The fourth-order valence-electron chi connectivity index (χ4n) is 1.52. The van der Waals surface area contributed by atoms with Gasteiger partial charge in [0.1, 0.15) is 5.54 Å². The molecule has 0 bridgehead atoms. The van der Waals surface area contributed by atoms with E-state index >= 15 is 0 Å². The van der Waals surface area contributed by atoms with E-state index < -0.39 is 21.3 Å². The second kappa shape index (κ2) is 5.61. The monoisotopic (exact) mass is 285 g/mol. The number of sulfone groups is 1. The van der Waals surface area contributed by atoms with E-state index in [1.165, 1.54) is 12.1 Å². The Hall–Kier alpha value is -1.56. The zero-order valence-electron chi connectivity index (χ0n) is 11.3. The number of carboxylic acids is 1. The summed E-state index contributed by atoms with van der Waals surface area (Å²) in [4.78, 5) is 11.4. The third-order valence-corrected chi connectivity index (χ3v) is 4.94. The lowest BCUT2D eigenvalue weighted by Gasteiger charge is -2.25. The number of rotatable bonds is 6. The molecule has 6 heteroatoms. The minimum Gasteiger partial charge on any atom is -0.480 e. The molecule has 106 valence electrons. The van der Waals surface area contributed by atoms with E-state index in [4.69, 9.17) is 5.11 Å². The summed E-state index contributed by atoms with van der Waals surface area (Å²) in [6, 6.07) is 6.14. The largest absolute Gasteiger partial charge is 0.480 e. The lowest BCUT2D eigenvalue weighted by Crippen LogP contribution is -2.42. The Morgan fingerprint density at radius 1 is 1.26 bits per heavy atom. The van der Waals surface area contributed by atoms with Crippen molar-refractivity contribution in [1.29, 1.82) is 0 Å². The van der Waals surface area contributed by atoms with Gasteiger partial charge in [0.15, 0.2) is 9.84 Å². The standard InChI is InChI=1S/C13H19NO4S/c1-4-13(3,12(15)16)14-10-6-8-11(9-7-10)19(17,18)5-2/h6-9,14H,4-5H2,1-3H3,(H,15,16). The van der Waals surface area contributed by atoms with Gasteiger partial charge in [-0.1, -0.05) is 13.8 Å². The van der Waals surface area contributed by atoms with Crippen molar-refractivity contribution in [1.82, 2.24) is 0 Å². The van der Waals surface area contributed by atoms with Crippen LogP contribution in [0.5, 0.6) is 0 Å². The topological polar surface area (TPSA) is 83.5 Å². The normalized spacial score (nSPS) is 14.7. The zero-order valence-corrected chi connectivity index (χ0v) is 12.1. The molecule has 5 nitrogen and oxygen atoms in total. The summed E-state index contributed by atoms with van der Waals surface area (Å²) < 4.78 is 23.3. The van der Waals surface area contributed by atoms with Gasteiger partial charge in [0.05, 0.1) is 10.6 Å². The summed E-state index contributed by atoms with van der Waals surface area (Å²) in [5.41, 5.74) is -0.479. The maximum Gasteiger partial charge on any atom is 0.329 e. The lowest BCUT2D eigenvalue weighted by molar-refractivity contribution is -0.141. The van der Waals surface area contributed by atoms with E-state index in [1.54, 1.807) is 32.9 Å².